The van der Waals surface area contributed by atoms with Crippen molar-refractivity contribution in [2.45, 2.75) is 27.2 Å². The minimum Gasteiger partial charge on any atom is -0.373 e. The molecule has 0 atom stereocenters. The van der Waals surface area contributed by atoms with Crippen molar-refractivity contribution in [1.29, 1.82) is 0 Å². The number of carbonyl (C=O) groups excluding carboxylic acids is 1. The molecule has 1 aromatic carbocycles. The van der Waals surface area contributed by atoms with Gasteiger partial charge in [-0.1, -0.05) is 30.7 Å². The molecule has 0 aliphatic carbocycles. The van der Waals surface area contributed by atoms with Crippen LogP contribution in [0.3, 0.4) is 0 Å². The molecule has 0 saturated heterocycles. The van der Waals surface area contributed by atoms with Crippen LogP contribution in [0.25, 0.3) is 0 Å². The summed E-state index contributed by atoms with van der Waals surface area (Å²) in [6.07, 6.45) is 0.945. The molecule has 0 heterocycles. The first-order valence-electron chi connectivity index (χ1n) is 5.33. The first-order chi connectivity index (χ1) is 7.15. The zero-order valence-electron chi connectivity index (χ0n) is 9.67. The van der Waals surface area contributed by atoms with Crippen molar-refractivity contribution in [2.75, 3.05) is 13.2 Å². The highest BCUT2D eigenvalue weighted by Crippen LogP contribution is 2.11. The molecule has 0 bridgehead atoms. The number of carbonyl (C=O) groups is 1. The number of benzene rings is 1. The predicted molar refractivity (Wildman–Crippen MR) is 61.4 cm³/mol. The van der Waals surface area contributed by atoms with E-state index in [1.54, 1.807) is 0 Å². The number of hydrogen-bond donors (Lipinski definition) is 0. The average molecular weight is 206 g/mol. The molecule has 0 saturated carbocycles. The highest BCUT2D eigenvalue weighted by Gasteiger charge is 2.08. The van der Waals surface area contributed by atoms with E-state index in [1.807, 2.05) is 39.0 Å². The van der Waals surface area contributed by atoms with Gasteiger partial charge in [0.1, 0.15) is 6.61 Å². The molecule has 0 aliphatic rings. The van der Waals surface area contributed by atoms with Crippen LogP contribution in [0.2, 0.25) is 0 Å². The third kappa shape index (κ3) is 3.48. The first-order valence-corrected chi connectivity index (χ1v) is 5.33. The largest absolute Gasteiger partial charge is 0.373 e. The molecule has 2 heteroatoms. The number of ether oxygens (including phenoxy) is 1. The summed E-state index contributed by atoms with van der Waals surface area (Å²) in [6.45, 7) is 6.85. The Morgan fingerprint density at radius 1 is 1.33 bits per heavy atom. The van der Waals surface area contributed by atoms with Crippen LogP contribution in [0, 0.1) is 13.8 Å². The maximum absolute atomic E-state index is 11.7. The summed E-state index contributed by atoms with van der Waals surface area (Å²) >= 11 is 0. The highest BCUT2D eigenvalue weighted by atomic mass is 16.5. The quantitative estimate of drug-likeness (QED) is 0.547. The van der Waals surface area contributed by atoms with E-state index in [9.17, 15) is 4.79 Å². The summed E-state index contributed by atoms with van der Waals surface area (Å²) in [5.74, 6) is 0.0703. The molecule has 1 aromatic rings. The van der Waals surface area contributed by atoms with Gasteiger partial charge in [-0.05, 0) is 25.8 Å². The summed E-state index contributed by atoms with van der Waals surface area (Å²) in [4.78, 5) is 11.7. The minimum absolute atomic E-state index is 0.0703. The SMILES string of the molecule is CCCOCC(=O)c1ccc(C)cc1C. The van der Waals surface area contributed by atoms with Crippen LogP contribution in [-0.4, -0.2) is 19.0 Å². The zero-order valence-corrected chi connectivity index (χ0v) is 9.67. The molecular formula is C13H18O2. The second-order valence-electron chi connectivity index (χ2n) is 3.79. The second kappa shape index (κ2) is 5.66. The van der Waals surface area contributed by atoms with Crippen LogP contribution in [0.1, 0.15) is 34.8 Å². The summed E-state index contributed by atoms with van der Waals surface area (Å²) in [6, 6.07) is 5.86. The molecule has 0 amide bonds. The van der Waals surface area contributed by atoms with Crippen molar-refractivity contribution >= 4 is 5.78 Å². The number of hydrogen-bond acceptors (Lipinski definition) is 2. The summed E-state index contributed by atoms with van der Waals surface area (Å²) in [7, 11) is 0. The van der Waals surface area contributed by atoms with E-state index in [4.69, 9.17) is 4.74 Å². The van der Waals surface area contributed by atoms with Crippen molar-refractivity contribution < 1.29 is 9.53 Å². The minimum atomic E-state index is 0.0703. The van der Waals surface area contributed by atoms with Crippen molar-refractivity contribution in [3.8, 4) is 0 Å². The highest BCUT2D eigenvalue weighted by molar-refractivity contribution is 5.98. The van der Waals surface area contributed by atoms with E-state index >= 15 is 0 Å². The zero-order chi connectivity index (χ0) is 11.3. The van der Waals surface area contributed by atoms with E-state index in [2.05, 4.69) is 0 Å². The fourth-order valence-corrected chi connectivity index (χ4v) is 1.51. The van der Waals surface area contributed by atoms with E-state index in [0.717, 1.165) is 17.5 Å². The number of ketones is 1. The van der Waals surface area contributed by atoms with Crippen LogP contribution in [0.4, 0.5) is 0 Å². The van der Waals surface area contributed by atoms with Crippen LogP contribution in [0.5, 0.6) is 0 Å². The lowest BCUT2D eigenvalue weighted by Gasteiger charge is -2.06. The van der Waals surface area contributed by atoms with Gasteiger partial charge in [0.2, 0.25) is 0 Å². The fraction of sp³-hybridized carbons (Fsp3) is 0.462. The molecule has 0 aliphatic heterocycles. The molecule has 2 nitrogen and oxygen atoms in total. The monoisotopic (exact) mass is 206 g/mol. The fourth-order valence-electron chi connectivity index (χ4n) is 1.51. The maximum Gasteiger partial charge on any atom is 0.188 e. The lowest BCUT2D eigenvalue weighted by atomic mass is 10.0. The maximum atomic E-state index is 11.7. The van der Waals surface area contributed by atoms with E-state index in [-0.39, 0.29) is 12.4 Å². The van der Waals surface area contributed by atoms with E-state index < -0.39 is 0 Å². The van der Waals surface area contributed by atoms with Crippen LogP contribution >= 0.6 is 0 Å². The predicted octanol–water partition coefficient (Wildman–Crippen LogP) is 2.91. The van der Waals surface area contributed by atoms with Gasteiger partial charge in [0.05, 0.1) is 0 Å². The Labute approximate surface area is 91.3 Å². The van der Waals surface area contributed by atoms with Crippen LogP contribution < -0.4 is 0 Å². The number of aryl methyl sites for hydroxylation is 2. The first kappa shape index (κ1) is 11.9. The Balaban J connectivity index is 2.65. The van der Waals surface area contributed by atoms with Gasteiger partial charge in [0, 0.05) is 12.2 Å². The molecule has 0 N–H and O–H groups in total. The normalized spacial score (nSPS) is 10.3. The Bertz CT molecular complexity index is 342. The lowest BCUT2D eigenvalue weighted by Crippen LogP contribution is -2.11. The molecule has 0 spiro atoms. The molecule has 82 valence electrons. The lowest BCUT2D eigenvalue weighted by molar-refractivity contribution is 0.0761. The summed E-state index contributed by atoms with van der Waals surface area (Å²) in [5, 5.41) is 0. The Hall–Kier alpha value is -1.15. The van der Waals surface area contributed by atoms with Crippen molar-refractivity contribution in [2.24, 2.45) is 0 Å². The van der Waals surface area contributed by atoms with Gasteiger partial charge in [-0.2, -0.15) is 0 Å². The van der Waals surface area contributed by atoms with Crippen molar-refractivity contribution in [3.05, 3.63) is 34.9 Å². The summed E-state index contributed by atoms with van der Waals surface area (Å²) in [5.41, 5.74) is 2.98. The molecule has 15 heavy (non-hydrogen) atoms. The summed E-state index contributed by atoms with van der Waals surface area (Å²) < 4.78 is 5.23. The Morgan fingerprint density at radius 2 is 2.07 bits per heavy atom. The molecule has 0 unspecified atom stereocenters. The number of Topliss-reactive ketones (excluding diaryl/α,β-unsaturated/α-hetero) is 1. The topological polar surface area (TPSA) is 26.3 Å². The van der Waals surface area contributed by atoms with Gasteiger partial charge in [-0.25, -0.2) is 0 Å². The van der Waals surface area contributed by atoms with Gasteiger partial charge in [0.15, 0.2) is 5.78 Å². The van der Waals surface area contributed by atoms with Crippen LogP contribution in [-0.2, 0) is 4.74 Å². The molecule has 0 radical (unpaired) electrons. The third-order valence-electron chi connectivity index (χ3n) is 2.26. The van der Waals surface area contributed by atoms with E-state index in [0.29, 0.717) is 6.61 Å². The number of rotatable bonds is 5. The Kier molecular flexibility index (Phi) is 4.50. The van der Waals surface area contributed by atoms with E-state index in [1.165, 1.54) is 5.56 Å². The van der Waals surface area contributed by atoms with Crippen molar-refractivity contribution in [3.63, 3.8) is 0 Å². The van der Waals surface area contributed by atoms with Crippen molar-refractivity contribution in [1.82, 2.24) is 0 Å². The van der Waals surface area contributed by atoms with Gasteiger partial charge in [0.25, 0.3) is 0 Å². The van der Waals surface area contributed by atoms with Crippen LogP contribution in [0.15, 0.2) is 18.2 Å². The molecule has 0 fully saturated rings. The second-order valence-corrected chi connectivity index (χ2v) is 3.79. The molecular weight excluding hydrogens is 188 g/mol. The Morgan fingerprint density at radius 3 is 2.67 bits per heavy atom. The van der Waals surface area contributed by atoms with Gasteiger partial charge >= 0.3 is 0 Å². The smallest absolute Gasteiger partial charge is 0.188 e. The van der Waals surface area contributed by atoms with Gasteiger partial charge in [-0.3, -0.25) is 4.79 Å². The van der Waals surface area contributed by atoms with Gasteiger partial charge in [-0.15, -0.1) is 0 Å². The molecule has 1 rings (SSSR count). The standard InChI is InChI=1S/C13H18O2/c1-4-7-15-9-13(14)12-6-5-10(2)8-11(12)3/h5-6,8H,4,7,9H2,1-3H3. The average Bonchev–Trinajstić information content (AvgIpc) is 2.17. The van der Waals surface area contributed by atoms with Gasteiger partial charge < -0.3 is 4.74 Å². The third-order valence-corrected chi connectivity index (χ3v) is 2.26. The molecule has 0 aromatic heterocycles.